The second kappa shape index (κ2) is 5.87. The molecule has 0 aromatic rings. The van der Waals surface area contributed by atoms with Gasteiger partial charge in [-0.3, -0.25) is 4.79 Å². The summed E-state index contributed by atoms with van der Waals surface area (Å²) >= 11 is 3.81. The van der Waals surface area contributed by atoms with Gasteiger partial charge in [-0.25, -0.2) is 4.79 Å². The van der Waals surface area contributed by atoms with Gasteiger partial charge in [-0.2, -0.15) is 12.6 Å². The number of nitrogens with one attached hydrogen (secondary N) is 1. The van der Waals surface area contributed by atoms with Crippen molar-refractivity contribution in [2.45, 2.75) is 25.9 Å². The Balaban J connectivity index is 4.22. The molecule has 82 valence electrons. The fraction of sp³-hybridized carbons (Fsp3) is 0.750. The first-order valence-electron chi connectivity index (χ1n) is 4.29. The number of amides is 1. The normalized spacial score (nSPS) is 14.9. The zero-order chi connectivity index (χ0) is 11.3. The Morgan fingerprint density at radius 1 is 1.50 bits per heavy atom. The largest absolute Gasteiger partial charge is 0.480 e. The lowest BCUT2D eigenvalue weighted by Gasteiger charge is -2.18. The van der Waals surface area contributed by atoms with E-state index in [0.29, 0.717) is 0 Å². The Kier molecular flexibility index (Phi) is 5.56. The number of carbonyl (C=O) groups excluding carboxylic acids is 1. The van der Waals surface area contributed by atoms with Crippen LogP contribution in [0, 0.1) is 5.92 Å². The molecule has 2 atom stereocenters. The molecule has 5 nitrogen and oxygen atoms in total. The maximum Gasteiger partial charge on any atom is 0.327 e. The molecule has 0 aliphatic rings. The Morgan fingerprint density at radius 2 is 2.00 bits per heavy atom. The molecule has 1 amide bonds. The van der Waals surface area contributed by atoms with Crippen molar-refractivity contribution in [3.63, 3.8) is 0 Å². The van der Waals surface area contributed by atoms with E-state index in [9.17, 15) is 9.59 Å². The van der Waals surface area contributed by atoms with Gasteiger partial charge in [0.1, 0.15) is 6.04 Å². The molecular formula is C8H16N2O3S. The second-order valence-corrected chi connectivity index (χ2v) is 3.72. The lowest BCUT2D eigenvalue weighted by molar-refractivity contribution is -0.141. The van der Waals surface area contributed by atoms with E-state index in [4.69, 9.17) is 10.8 Å². The highest BCUT2D eigenvalue weighted by Gasteiger charge is 2.23. The zero-order valence-corrected chi connectivity index (χ0v) is 9.12. The molecule has 6 heteroatoms. The fourth-order valence-electron chi connectivity index (χ4n) is 0.756. The summed E-state index contributed by atoms with van der Waals surface area (Å²) in [6.07, 6.45) is 0. The summed E-state index contributed by atoms with van der Waals surface area (Å²) < 4.78 is 0. The Morgan fingerprint density at radius 3 is 2.29 bits per heavy atom. The van der Waals surface area contributed by atoms with Crippen molar-refractivity contribution in [1.82, 2.24) is 5.32 Å². The fourth-order valence-corrected chi connectivity index (χ4v) is 1.00. The molecule has 4 N–H and O–H groups in total. The summed E-state index contributed by atoms with van der Waals surface area (Å²) in [5.41, 5.74) is 5.53. The summed E-state index contributed by atoms with van der Waals surface area (Å²) in [6, 6.07) is -1.66. The van der Waals surface area contributed by atoms with E-state index in [1.807, 2.05) is 0 Å². The molecule has 0 aliphatic heterocycles. The molecule has 0 bridgehead atoms. The summed E-state index contributed by atoms with van der Waals surface area (Å²) in [4.78, 5) is 21.9. The lowest BCUT2D eigenvalue weighted by Crippen LogP contribution is -2.51. The predicted octanol–water partition coefficient (Wildman–Crippen LogP) is -0.531. The highest BCUT2D eigenvalue weighted by Crippen LogP contribution is 1.99. The second-order valence-electron chi connectivity index (χ2n) is 3.35. The van der Waals surface area contributed by atoms with Crippen LogP contribution in [0.3, 0.4) is 0 Å². The molecule has 0 aliphatic carbocycles. The first kappa shape index (κ1) is 13.2. The van der Waals surface area contributed by atoms with Crippen LogP contribution in [0.1, 0.15) is 13.8 Å². The highest BCUT2D eigenvalue weighted by atomic mass is 32.1. The minimum atomic E-state index is -1.11. The SMILES string of the molecule is CC(C)[C@H](N)C(=O)NC(CS)C(=O)O. The minimum Gasteiger partial charge on any atom is -0.480 e. The van der Waals surface area contributed by atoms with Crippen LogP contribution in [0.25, 0.3) is 0 Å². The van der Waals surface area contributed by atoms with Crippen LogP contribution >= 0.6 is 12.6 Å². The van der Waals surface area contributed by atoms with Gasteiger partial charge in [0.15, 0.2) is 0 Å². The van der Waals surface area contributed by atoms with E-state index in [1.54, 1.807) is 13.8 Å². The predicted molar refractivity (Wildman–Crippen MR) is 56.2 cm³/mol. The third-order valence-corrected chi connectivity index (χ3v) is 2.18. The molecule has 0 saturated heterocycles. The van der Waals surface area contributed by atoms with Gasteiger partial charge >= 0.3 is 5.97 Å². The number of nitrogens with two attached hydrogens (primary N) is 1. The van der Waals surface area contributed by atoms with Gasteiger partial charge in [-0.1, -0.05) is 13.8 Å². The summed E-state index contributed by atoms with van der Waals surface area (Å²) in [6.45, 7) is 3.58. The molecule has 0 rings (SSSR count). The monoisotopic (exact) mass is 220 g/mol. The van der Waals surface area contributed by atoms with Crippen molar-refractivity contribution in [3.8, 4) is 0 Å². The molecule has 0 spiro atoms. The molecule has 0 fully saturated rings. The standard InChI is InChI=1S/C8H16N2O3S/c1-4(2)6(9)7(11)10-5(3-14)8(12)13/h4-6,14H,3,9H2,1-2H3,(H,10,11)(H,12,13)/t5?,6-/m0/s1. The number of carbonyl (C=O) groups is 2. The van der Waals surface area contributed by atoms with Crippen LogP contribution in [0.5, 0.6) is 0 Å². The van der Waals surface area contributed by atoms with Crippen LogP contribution in [-0.4, -0.2) is 34.8 Å². The lowest BCUT2D eigenvalue weighted by atomic mass is 10.0. The average molecular weight is 220 g/mol. The van der Waals surface area contributed by atoms with E-state index in [2.05, 4.69) is 17.9 Å². The molecule has 1 unspecified atom stereocenters. The van der Waals surface area contributed by atoms with Crippen LogP contribution < -0.4 is 11.1 Å². The number of rotatable bonds is 5. The summed E-state index contributed by atoms with van der Waals surface area (Å²) in [7, 11) is 0. The van der Waals surface area contributed by atoms with Gasteiger partial charge < -0.3 is 16.2 Å². The van der Waals surface area contributed by atoms with Crippen molar-refractivity contribution in [2.75, 3.05) is 5.75 Å². The Hall–Kier alpha value is -0.750. The Bertz CT molecular complexity index is 221. The first-order chi connectivity index (χ1) is 6.40. The molecule has 0 aromatic heterocycles. The van der Waals surface area contributed by atoms with Gasteiger partial charge in [0.2, 0.25) is 5.91 Å². The van der Waals surface area contributed by atoms with Crippen LogP contribution in [-0.2, 0) is 9.59 Å². The number of carboxylic acid groups (broad SMARTS) is 1. The topological polar surface area (TPSA) is 92.4 Å². The van der Waals surface area contributed by atoms with Gasteiger partial charge in [-0.05, 0) is 5.92 Å². The van der Waals surface area contributed by atoms with Crippen LogP contribution in [0.15, 0.2) is 0 Å². The van der Waals surface area contributed by atoms with E-state index < -0.39 is 24.0 Å². The number of carboxylic acids is 1. The van der Waals surface area contributed by atoms with Crippen LogP contribution in [0.4, 0.5) is 0 Å². The van der Waals surface area contributed by atoms with Gasteiger partial charge in [0, 0.05) is 5.75 Å². The van der Waals surface area contributed by atoms with Gasteiger partial charge in [0.25, 0.3) is 0 Å². The number of hydrogen-bond acceptors (Lipinski definition) is 4. The van der Waals surface area contributed by atoms with Gasteiger partial charge in [-0.15, -0.1) is 0 Å². The van der Waals surface area contributed by atoms with E-state index in [-0.39, 0.29) is 11.7 Å². The molecular weight excluding hydrogens is 204 g/mol. The molecule has 0 radical (unpaired) electrons. The van der Waals surface area contributed by atoms with Crippen molar-refractivity contribution >= 4 is 24.5 Å². The third kappa shape index (κ3) is 3.97. The van der Waals surface area contributed by atoms with Crippen molar-refractivity contribution in [2.24, 2.45) is 11.7 Å². The first-order valence-corrected chi connectivity index (χ1v) is 4.93. The Labute approximate surface area is 88.5 Å². The number of hydrogen-bond donors (Lipinski definition) is 4. The number of aliphatic carboxylic acids is 1. The maximum absolute atomic E-state index is 11.3. The minimum absolute atomic E-state index is 0.0237. The van der Waals surface area contributed by atoms with Gasteiger partial charge in [0.05, 0.1) is 6.04 Å². The zero-order valence-electron chi connectivity index (χ0n) is 8.23. The van der Waals surface area contributed by atoms with Crippen molar-refractivity contribution < 1.29 is 14.7 Å². The van der Waals surface area contributed by atoms with Crippen LogP contribution in [0.2, 0.25) is 0 Å². The smallest absolute Gasteiger partial charge is 0.327 e. The highest BCUT2D eigenvalue weighted by molar-refractivity contribution is 7.80. The summed E-state index contributed by atoms with van der Waals surface area (Å²) in [5.74, 6) is -1.54. The summed E-state index contributed by atoms with van der Waals surface area (Å²) in [5, 5.41) is 10.9. The molecule has 0 aromatic carbocycles. The third-order valence-electron chi connectivity index (χ3n) is 1.82. The maximum atomic E-state index is 11.3. The quantitative estimate of drug-likeness (QED) is 0.469. The van der Waals surface area contributed by atoms with Crippen molar-refractivity contribution in [1.29, 1.82) is 0 Å². The van der Waals surface area contributed by atoms with Crippen molar-refractivity contribution in [3.05, 3.63) is 0 Å². The van der Waals surface area contributed by atoms with E-state index in [0.717, 1.165) is 0 Å². The molecule has 14 heavy (non-hydrogen) atoms. The van der Waals surface area contributed by atoms with E-state index >= 15 is 0 Å². The average Bonchev–Trinajstić information content (AvgIpc) is 2.11. The van der Waals surface area contributed by atoms with E-state index in [1.165, 1.54) is 0 Å². The number of thiol groups is 1. The molecule has 0 heterocycles. The molecule has 0 saturated carbocycles.